The summed E-state index contributed by atoms with van der Waals surface area (Å²) in [5.74, 6) is 0. The maximum absolute atomic E-state index is 2.56. The van der Waals surface area contributed by atoms with E-state index in [1.54, 1.807) is 0 Å². The zero-order valence-corrected chi connectivity index (χ0v) is 35.5. The minimum atomic E-state index is -0.528. The van der Waals surface area contributed by atoms with Gasteiger partial charge in [-0.05, 0) is 125 Å². The van der Waals surface area contributed by atoms with Crippen molar-refractivity contribution in [3.8, 4) is 22.3 Å². The molecule has 0 spiro atoms. The summed E-state index contributed by atoms with van der Waals surface area (Å²) >= 11 is 0. The highest BCUT2D eigenvalue weighted by atomic mass is 15.1. The summed E-state index contributed by atoms with van der Waals surface area (Å²) in [5.41, 5.74) is 16.7. The molecule has 0 saturated carbocycles. The van der Waals surface area contributed by atoms with Crippen LogP contribution in [-0.2, 0) is 10.8 Å². The number of hydrogen-bond donors (Lipinski definition) is 0. The highest BCUT2D eigenvalue weighted by molar-refractivity contribution is 6.26. The number of hydrogen-bond acceptors (Lipinski definition) is 1. The number of anilines is 3. The molecule has 300 valence electrons. The molecule has 11 aromatic carbocycles. The molecule has 0 amide bonds. The molecule has 64 heavy (non-hydrogen) atoms. The maximum atomic E-state index is 2.56. The summed E-state index contributed by atoms with van der Waals surface area (Å²) < 4.78 is 0. The molecular weight excluding hydrogens is 771 g/mol. The van der Waals surface area contributed by atoms with E-state index in [-0.39, 0.29) is 5.41 Å². The van der Waals surface area contributed by atoms with Crippen LogP contribution in [0.25, 0.3) is 54.6 Å². The van der Waals surface area contributed by atoms with Crippen LogP contribution in [0.2, 0.25) is 0 Å². The van der Waals surface area contributed by atoms with Crippen LogP contribution < -0.4 is 4.90 Å². The third kappa shape index (κ3) is 5.01. The van der Waals surface area contributed by atoms with Crippen LogP contribution in [-0.4, -0.2) is 0 Å². The smallest absolute Gasteiger partial charge is 0.0714 e. The van der Waals surface area contributed by atoms with Crippen LogP contribution in [0, 0.1) is 0 Å². The number of benzene rings is 11. The Hall–Kier alpha value is -8.00. The van der Waals surface area contributed by atoms with Crippen molar-refractivity contribution in [2.24, 2.45) is 0 Å². The number of fused-ring (bicyclic) bond motifs is 12. The quantitative estimate of drug-likeness (QED) is 0.151. The van der Waals surface area contributed by atoms with E-state index in [0.29, 0.717) is 0 Å². The molecule has 0 saturated heterocycles. The Morgan fingerprint density at radius 2 is 0.750 bits per heavy atom. The zero-order chi connectivity index (χ0) is 42.4. The van der Waals surface area contributed by atoms with Gasteiger partial charge in [0.2, 0.25) is 0 Å². The first-order valence-electron chi connectivity index (χ1n) is 22.4. The number of nitrogens with zero attached hydrogens (tertiary/aromatic N) is 1. The molecule has 1 atom stereocenters. The molecule has 1 heteroatoms. The molecule has 2 aliphatic carbocycles. The first kappa shape index (κ1) is 36.6. The Morgan fingerprint density at radius 3 is 1.39 bits per heavy atom. The Labute approximate surface area is 374 Å². The predicted molar refractivity (Wildman–Crippen MR) is 268 cm³/mol. The lowest BCUT2D eigenvalue weighted by Crippen LogP contribution is -2.28. The fourth-order valence-corrected chi connectivity index (χ4v) is 11.8. The molecule has 0 heterocycles. The van der Waals surface area contributed by atoms with Crippen molar-refractivity contribution in [2.45, 2.75) is 17.8 Å². The van der Waals surface area contributed by atoms with Crippen LogP contribution in [0.1, 0.15) is 45.9 Å². The highest BCUT2D eigenvalue weighted by Crippen LogP contribution is 2.60. The van der Waals surface area contributed by atoms with Gasteiger partial charge in [-0.3, -0.25) is 0 Å². The van der Waals surface area contributed by atoms with Crippen LogP contribution in [0.15, 0.2) is 243 Å². The van der Waals surface area contributed by atoms with E-state index in [0.717, 1.165) is 17.1 Å². The standard InChI is InChI=1S/C63H43N/c1-62(42-20-5-2-6-21-42)56-32-17-15-30-52(56)53-39-37-46(41-59(53)62)64(45-36-38-51-49-28-12-11-26-47(49)48-27-13-14-29-50(48)55(51)40-45)60-35-19-34-58-61(60)54-31-16-18-33-57(54)63(58,43-22-7-3-8-23-43)44-24-9-4-10-25-44/h2-41H,1H3. The van der Waals surface area contributed by atoms with Crippen LogP contribution >= 0.6 is 0 Å². The molecule has 11 aromatic rings. The van der Waals surface area contributed by atoms with Gasteiger partial charge in [0.1, 0.15) is 0 Å². The predicted octanol–water partition coefficient (Wildman–Crippen LogP) is 16.3. The Bertz CT molecular complexity index is 3550. The third-order valence-corrected chi connectivity index (χ3v) is 14.6. The van der Waals surface area contributed by atoms with Crippen molar-refractivity contribution in [3.63, 3.8) is 0 Å². The molecule has 0 bridgehead atoms. The fourth-order valence-electron chi connectivity index (χ4n) is 11.8. The van der Waals surface area contributed by atoms with E-state index in [1.165, 1.54) is 93.5 Å². The molecule has 0 radical (unpaired) electrons. The third-order valence-electron chi connectivity index (χ3n) is 14.6. The number of rotatable bonds is 6. The van der Waals surface area contributed by atoms with Gasteiger partial charge in [0.15, 0.2) is 0 Å². The van der Waals surface area contributed by atoms with Crippen molar-refractivity contribution in [1.82, 2.24) is 0 Å². The summed E-state index contributed by atoms with van der Waals surface area (Å²) in [4.78, 5) is 2.56. The zero-order valence-electron chi connectivity index (χ0n) is 35.5. The molecule has 0 N–H and O–H groups in total. The van der Waals surface area contributed by atoms with Crippen LogP contribution in [0.3, 0.4) is 0 Å². The summed E-state index contributed by atoms with van der Waals surface area (Å²) in [5, 5.41) is 7.59. The molecule has 0 aliphatic heterocycles. The fraction of sp³-hybridized carbons (Fsp3) is 0.0476. The van der Waals surface area contributed by atoms with E-state index in [2.05, 4.69) is 254 Å². The van der Waals surface area contributed by atoms with Crippen molar-refractivity contribution in [3.05, 3.63) is 282 Å². The van der Waals surface area contributed by atoms with E-state index in [4.69, 9.17) is 0 Å². The van der Waals surface area contributed by atoms with Gasteiger partial charge < -0.3 is 4.90 Å². The van der Waals surface area contributed by atoms with Crippen molar-refractivity contribution < 1.29 is 0 Å². The van der Waals surface area contributed by atoms with Crippen molar-refractivity contribution in [2.75, 3.05) is 4.90 Å². The van der Waals surface area contributed by atoms with Crippen molar-refractivity contribution in [1.29, 1.82) is 0 Å². The van der Waals surface area contributed by atoms with Crippen molar-refractivity contribution >= 4 is 49.4 Å². The van der Waals surface area contributed by atoms with E-state index in [1.807, 2.05) is 0 Å². The maximum Gasteiger partial charge on any atom is 0.0714 e. The molecule has 0 aromatic heterocycles. The average Bonchev–Trinajstić information content (AvgIpc) is 3.82. The molecular formula is C63H43N. The Morgan fingerprint density at radius 1 is 0.297 bits per heavy atom. The van der Waals surface area contributed by atoms with Crippen LogP contribution in [0.5, 0.6) is 0 Å². The normalized spacial score (nSPS) is 15.5. The van der Waals surface area contributed by atoms with E-state index < -0.39 is 5.41 Å². The minimum absolute atomic E-state index is 0.353. The topological polar surface area (TPSA) is 3.24 Å². The van der Waals surface area contributed by atoms with Gasteiger partial charge in [-0.1, -0.05) is 212 Å². The Balaban J connectivity index is 1.14. The summed E-state index contributed by atoms with van der Waals surface area (Å²) in [7, 11) is 0. The van der Waals surface area contributed by atoms with Gasteiger partial charge in [-0.15, -0.1) is 0 Å². The lowest BCUT2D eigenvalue weighted by molar-refractivity contribution is 0.714. The largest absolute Gasteiger partial charge is 0.310 e. The molecule has 2 aliphatic rings. The van der Waals surface area contributed by atoms with Gasteiger partial charge in [0.05, 0.1) is 11.1 Å². The van der Waals surface area contributed by atoms with E-state index in [9.17, 15) is 0 Å². The summed E-state index contributed by atoms with van der Waals surface area (Å²) in [6, 6.07) is 90.6. The summed E-state index contributed by atoms with van der Waals surface area (Å²) in [6.07, 6.45) is 0. The molecule has 13 rings (SSSR count). The van der Waals surface area contributed by atoms with Crippen LogP contribution in [0.4, 0.5) is 17.1 Å². The average molecular weight is 814 g/mol. The lowest BCUT2D eigenvalue weighted by Gasteiger charge is -2.34. The Kier molecular flexibility index (Phi) is 8.02. The monoisotopic (exact) mass is 813 g/mol. The molecule has 1 nitrogen and oxygen atoms in total. The summed E-state index contributed by atoms with van der Waals surface area (Å²) in [6.45, 7) is 2.42. The van der Waals surface area contributed by atoms with Gasteiger partial charge >= 0.3 is 0 Å². The first-order valence-corrected chi connectivity index (χ1v) is 22.4. The molecule has 0 fully saturated rings. The van der Waals surface area contributed by atoms with Gasteiger partial charge in [-0.25, -0.2) is 0 Å². The molecule has 1 unspecified atom stereocenters. The van der Waals surface area contributed by atoms with Gasteiger partial charge in [-0.2, -0.15) is 0 Å². The van der Waals surface area contributed by atoms with Gasteiger partial charge in [0.25, 0.3) is 0 Å². The lowest BCUT2D eigenvalue weighted by atomic mass is 9.68. The minimum Gasteiger partial charge on any atom is -0.310 e. The van der Waals surface area contributed by atoms with E-state index >= 15 is 0 Å². The second-order valence-corrected chi connectivity index (χ2v) is 17.7. The second-order valence-electron chi connectivity index (χ2n) is 17.7. The highest BCUT2D eigenvalue weighted by Gasteiger charge is 2.47. The van der Waals surface area contributed by atoms with Gasteiger partial charge in [0, 0.05) is 22.4 Å². The SMILES string of the molecule is CC1(c2ccccc2)c2ccccc2-c2ccc(N(c3ccc4c5ccccc5c5ccccc5c4c3)c3cccc4c3-c3ccccc3C4(c3ccccc3)c3ccccc3)cc21. The first-order chi connectivity index (χ1) is 31.7. The second kappa shape index (κ2) is 14.0.